The quantitative estimate of drug-likeness (QED) is 0.446. The number of hydrogen-bond donors (Lipinski definition) is 2. The van der Waals surface area contributed by atoms with Crippen molar-refractivity contribution in [1.29, 1.82) is 0 Å². The van der Waals surface area contributed by atoms with Crippen LogP contribution < -0.4 is 15.4 Å². The molecular formula is C26H32FN5O5. The molecule has 0 saturated carbocycles. The summed E-state index contributed by atoms with van der Waals surface area (Å²) in [5.74, 6) is 0.0617. The molecule has 0 bridgehead atoms. The van der Waals surface area contributed by atoms with Crippen molar-refractivity contribution in [3.8, 4) is 5.75 Å². The molecule has 37 heavy (non-hydrogen) atoms. The Bertz CT molecular complexity index is 1330. The molecule has 4 rings (SSSR count). The van der Waals surface area contributed by atoms with Crippen LogP contribution in [-0.2, 0) is 15.9 Å². The van der Waals surface area contributed by atoms with Crippen LogP contribution in [0.5, 0.6) is 5.75 Å². The van der Waals surface area contributed by atoms with E-state index in [0.717, 1.165) is 5.56 Å². The minimum Gasteiger partial charge on any atom is -0.485 e. The zero-order chi connectivity index (χ0) is 27.0. The number of carbonyl (C=O) groups is 2. The van der Waals surface area contributed by atoms with Gasteiger partial charge in [-0.3, -0.25) is 0 Å². The van der Waals surface area contributed by atoms with Gasteiger partial charge in [-0.25, -0.2) is 23.5 Å². The van der Waals surface area contributed by atoms with Crippen LogP contribution in [0.1, 0.15) is 69.1 Å². The van der Waals surface area contributed by atoms with Gasteiger partial charge in [0.05, 0.1) is 25.4 Å². The highest BCUT2D eigenvalue weighted by molar-refractivity contribution is 5.95. The standard InChI is InChI=1S/C26H32FN5O5/c1-7-35-23(33)18-13-29-32-11-10-20(31-22(18)32)30-15(2)16-8-9-19(27)17-12-26(6,36-21(16)17)14-28-24(34)37-25(3,4)5/h8-11,13,15H,7,12,14H2,1-6H3,(H,28,34)(H,30,31). The van der Waals surface area contributed by atoms with Gasteiger partial charge in [-0.15, -0.1) is 0 Å². The van der Waals surface area contributed by atoms with E-state index in [1.807, 2.05) is 13.8 Å². The first-order valence-electron chi connectivity index (χ1n) is 12.1. The third-order valence-electron chi connectivity index (χ3n) is 5.83. The van der Waals surface area contributed by atoms with Crippen LogP contribution in [0.3, 0.4) is 0 Å². The number of halogens is 1. The first-order chi connectivity index (χ1) is 17.4. The minimum atomic E-state index is -0.848. The van der Waals surface area contributed by atoms with Crippen LogP contribution >= 0.6 is 0 Å². The first kappa shape index (κ1) is 26.2. The normalized spacial score (nSPS) is 17.6. The van der Waals surface area contributed by atoms with Crippen LogP contribution in [0.25, 0.3) is 5.65 Å². The zero-order valence-electron chi connectivity index (χ0n) is 21.8. The van der Waals surface area contributed by atoms with Gasteiger partial charge >= 0.3 is 12.1 Å². The van der Waals surface area contributed by atoms with E-state index in [1.54, 1.807) is 46.0 Å². The summed E-state index contributed by atoms with van der Waals surface area (Å²) in [7, 11) is 0. The lowest BCUT2D eigenvalue weighted by atomic mass is 9.96. The number of nitrogens with one attached hydrogen (secondary N) is 2. The fourth-order valence-corrected chi connectivity index (χ4v) is 4.18. The molecule has 2 unspecified atom stereocenters. The summed E-state index contributed by atoms with van der Waals surface area (Å²) in [6, 6.07) is 4.49. The maximum absolute atomic E-state index is 14.8. The molecule has 0 saturated heterocycles. The van der Waals surface area contributed by atoms with Gasteiger partial charge < -0.3 is 24.8 Å². The van der Waals surface area contributed by atoms with E-state index >= 15 is 0 Å². The van der Waals surface area contributed by atoms with Crippen molar-refractivity contribution in [2.45, 2.75) is 65.2 Å². The van der Waals surface area contributed by atoms with Gasteiger partial charge in [0, 0.05) is 23.7 Å². The third kappa shape index (κ3) is 5.76. The van der Waals surface area contributed by atoms with Gasteiger partial charge in [0.1, 0.15) is 34.2 Å². The number of fused-ring (bicyclic) bond motifs is 2. The Morgan fingerprint density at radius 3 is 2.76 bits per heavy atom. The lowest BCUT2D eigenvalue weighted by Gasteiger charge is -2.27. The van der Waals surface area contributed by atoms with Crippen molar-refractivity contribution in [1.82, 2.24) is 19.9 Å². The summed E-state index contributed by atoms with van der Waals surface area (Å²) in [6.07, 6.45) is 2.83. The molecule has 0 aliphatic carbocycles. The van der Waals surface area contributed by atoms with E-state index in [0.29, 0.717) is 22.8 Å². The number of hydrogen-bond acceptors (Lipinski definition) is 8. The van der Waals surface area contributed by atoms with E-state index in [9.17, 15) is 14.0 Å². The molecule has 1 aromatic carbocycles. The molecule has 3 aromatic rings. The number of anilines is 1. The largest absolute Gasteiger partial charge is 0.485 e. The summed E-state index contributed by atoms with van der Waals surface area (Å²) >= 11 is 0. The molecule has 2 aromatic heterocycles. The minimum absolute atomic E-state index is 0.146. The second kappa shape index (κ2) is 9.87. The third-order valence-corrected chi connectivity index (χ3v) is 5.83. The first-order valence-corrected chi connectivity index (χ1v) is 12.1. The van der Waals surface area contributed by atoms with Gasteiger partial charge in [-0.2, -0.15) is 5.10 Å². The van der Waals surface area contributed by atoms with Crippen molar-refractivity contribution in [2.75, 3.05) is 18.5 Å². The van der Waals surface area contributed by atoms with Crippen LogP contribution in [0, 0.1) is 5.82 Å². The SMILES string of the molecule is CCOC(=O)c1cnn2ccc(NC(C)c3ccc(F)c4c3OC(C)(CNC(=O)OC(C)(C)C)C4)nc12. The van der Waals surface area contributed by atoms with Crippen molar-refractivity contribution in [3.63, 3.8) is 0 Å². The molecule has 1 amide bonds. The number of rotatable bonds is 7. The summed E-state index contributed by atoms with van der Waals surface area (Å²) in [4.78, 5) is 28.9. The second-order valence-electron chi connectivity index (χ2n) is 10.3. The van der Waals surface area contributed by atoms with Gasteiger partial charge in [0.15, 0.2) is 5.65 Å². The Balaban J connectivity index is 1.52. The highest BCUT2D eigenvalue weighted by atomic mass is 19.1. The predicted molar refractivity (Wildman–Crippen MR) is 134 cm³/mol. The average Bonchev–Trinajstić information content (AvgIpc) is 3.39. The molecule has 1 aliphatic rings. The summed E-state index contributed by atoms with van der Waals surface area (Å²) in [5.41, 5.74) is 0.325. The molecule has 198 valence electrons. The number of carbonyl (C=O) groups excluding carboxylic acids is 2. The zero-order valence-corrected chi connectivity index (χ0v) is 21.8. The van der Waals surface area contributed by atoms with E-state index < -0.39 is 23.3 Å². The molecule has 3 heterocycles. The highest BCUT2D eigenvalue weighted by Gasteiger charge is 2.39. The predicted octanol–water partition coefficient (Wildman–Crippen LogP) is 4.44. The Kier molecular flexibility index (Phi) is 6.98. The molecule has 0 radical (unpaired) electrons. The van der Waals surface area contributed by atoms with E-state index in [4.69, 9.17) is 14.2 Å². The average molecular weight is 514 g/mol. The number of esters is 1. The van der Waals surface area contributed by atoms with Gasteiger partial charge in [-0.05, 0) is 53.7 Å². The van der Waals surface area contributed by atoms with Crippen molar-refractivity contribution >= 4 is 23.5 Å². The van der Waals surface area contributed by atoms with Gasteiger partial charge in [0.25, 0.3) is 0 Å². The van der Waals surface area contributed by atoms with Crippen molar-refractivity contribution in [2.24, 2.45) is 0 Å². The maximum Gasteiger partial charge on any atom is 0.407 e. The van der Waals surface area contributed by atoms with Crippen LogP contribution in [0.2, 0.25) is 0 Å². The molecular weight excluding hydrogens is 481 g/mol. The molecule has 0 spiro atoms. The number of alkyl carbamates (subject to hydrolysis) is 1. The maximum atomic E-state index is 14.8. The molecule has 10 nitrogen and oxygen atoms in total. The van der Waals surface area contributed by atoms with E-state index in [2.05, 4.69) is 20.7 Å². The number of aromatic nitrogens is 3. The topological polar surface area (TPSA) is 116 Å². The number of benzene rings is 1. The molecule has 2 N–H and O–H groups in total. The lowest BCUT2D eigenvalue weighted by Crippen LogP contribution is -2.45. The second-order valence-corrected chi connectivity index (χ2v) is 10.3. The molecule has 11 heteroatoms. The Labute approximate surface area is 214 Å². The fraction of sp³-hybridized carbons (Fsp3) is 0.462. The van der Waals surface area contributed by atoms with Gasteiger partial charge in [-0.1, -0.05) is 6.07 Å². The van der Waals surface area contributed by atoms with Gasteiger partial charge in [0.2, 0.25) is 0 Å². The summed E-state index contributed by atoms with van der Waals surface area (Å²) in [6.45, 7) is 11.2. The van der Waals surface area contributed by atoms with Crippen molar-refractivity contribution in [3.05, 3.63) is 53.1 Å². The van der Waals surface area contributed by atoms with Crippen LogP contribution in [0.15, 0.2) is 30.6 Å². The highest BCUT2D eigenvalue weighted by Crippen LogP contribution is 2.42. The lowest BCUT2D eigenvalue weighted by molar-refractivity contribution is 0.0447. The monoisotopic (exact) mass is 513 g/mol. The van der Waals surface area contributed by atoms with Crippen LogP contribution in [-0.4, -0.2) is 51.0 Å². The smallest absolute Gasteiger partial charge is 0.407 e. The van der Waals surface area contributed by atoms with Crippen LogP contribution in [0.4, 0.5) is 15.0 Å². The van der Waals surface area contributed by atoms with E-state index in [1.165, 1.54) is 16.8 Å². The van der Waals surface area contributed by atoms with Crippen molar-refractivity contribution < 1.29 is 28.2 Å². The Morgan fingerprint density at radius 1 is 1.30 bits per heavy atom. The molecule has 2 atom stereocenters. The molecule has 0 fully saturated rings. The number of amides is 1. The fourth-order valence-electron chi connectivity index (χ4n) is 4.18. The number of nitrogens with zero attached hydrogens (tertiary/aromatic N) is 3. The van der Waals surface area contributed by atoms with E-state index in [-0.39, 0.29) is 37.0 Å². The number of ether oxygens (including phenoxy) is 3. The molecule has 1 aliphatic heterocycles. The Hall–Kier alpha value is -3.89. The summed E-state index contributed by atoms with van der Waals surface area (Å²) < 4.78 is 32.9. The summed E-state index contributed by atoms with van der Waals surface area (Å²) in [5, 5.41) is 10.2. The Morgan fingerprint density at radius 2 is 2.05 bits per heavy atom.